The largest absolute Gasteiger partial charge is 0.339 e. The number of nitrogens with zero attached hydrogens (tertiary/aromatic N) is 1. The van der Waals surface area contributed by atoms with Crippen LogP contribution in [0.4, 0.5) is 0 Å². The molecule has 5 heteroatoms. The van der Waals surface area contributed by atoms with Gasteiger partial charge < -0.3 is 10.2 Å². The number of hydrogen-bond acceptors (Lipinski definition) is 2. The molecule has 0 radical (unpaired) electrons. The number of piperidine rings is 1. The van der Waals surface area contributed by atoms with E-state index in [2.05, 4.69) is 21.2 Å². The predicted octanol–water partition coefficient (Wildman–Crippen LogP) is 3.78. The quantitative estimate of drug-likeness (QED) is 0.852. The minimum absolute atomic E-state index is 0. The van der Waals surface area contributed by atoms with Crippen LogP contribution >= 0.6 is 28.3 Å². The molecule has 1 saturated carbocycles. The Kier molecular flexibility index (Phi) is 6.30. The van der Waals surface area contributed by atoms with E-state index in [1.807, 2.05) is 30.0 Å². The van der Waals surface area contributed by atoms with Crippen LogP contribution in [0.5, 0.6) is 0 Å². The highest BCUT2D eigenvalue weighted by molar-refractivity contribution is 9.10. The predicted molar refractivity (Wildman–Crippen MR) is 95.8 cm³/mol. The lowest BCUT2D eigenvalue weighted by molar-refractivity contribution is 0.0704. The zero-order chi connectivity index (χ0) is 14.8. The number of nitrogens with one attached hydrogen (secondary N) is 1. The second-order valence-electron chi connectivity index (χ2n) is 6.33. The van der Waals surface area contributed by atoms with Crippen LogP contribution in [-0.2, 0) is 0 Å². The molecule has 3 nitrogen and oxygen atoms in total. The zero-order valence-corrected chi connectivity index (χ0v) is 15.4. The van der Waals surface area contributed by atoms with Gasteiger partial charge in [0.2, 0.25) is 0 Å². The number of hydrogen-bond donors (Lipinski definition) is 1. The molecule has 1 N–H and O–H groups in total. The van der Waals surface area contributed by atoms with E-state index in [0.29, 0.717) is 6.04 Å². The van der Waals surface area contributed by atoms with Crippen LogP contribution in [0.2, 0.25) is 0 Å². The van der Waals surface area contributed by atoms with E-state index in [-0.39, 0.29) is 18.3 Å². The summed E-state index contributed by atoms with van der Waals surface area (Å²) >= 11 is 3.51. The van der Waals surface area contributed by atoms with Crippen molar-refractivity contribution >= 4 is 34.2 Å². The first-order chi connectivity index (χ1) is 10.1. The van der Waals surface area contributed by atoms with Crippen LogP contribution in [0, 0.1) is 12.8 Å². The van der Waals surface area contributed by atoms with Crippen LogP contribution in [0.3, 0.4) is 0 Å². The van der Waals surface area contributed by atoms with Crippen molar-refractivity contribution in [3.05, 3.63) is 33.8 Å². The molecule has 1 aliphatic heterocycles. The topological polar surface area (TPSA) is 32.3 Å². The Labute approximate surface area is 147 Å². The number of amides is 1. The van der Waals surface area contributed by atoms with Gasteiger partial charge in [-0.3, -0.25) is 4.79 Å². The number of halogens is 2. The highest BCUT2D eigenvalue weighted by Crippen LogP contribution is 2.28. The molecule has 2 aliphatic rings. The summed E-state index contributed by atoms with van der Waals surface area (Å²) in [7, 11) is 0. The summed E-state index contributed by atoms with van der Waals surface area (Å²) in [4.78, 5) is 14.6. The number of rotatable bonds is 4. The molecule has 1 heterocycles. The molecule has 0 unspecified atom stereocenters. The summed E-state index contributed by atoms with van der Waals surface area (Å²) in [5, 5.41) is 3.66. The molecule has 122 valence electrons. The minimum atomic E-state index is 0. The molecule has 1 aliphatic carbocycles. The van der Waals surface area contributed by atoms with Crippen molar-refractivity contribution in [2.75, 3.05) is 19.6 Å². The zero-order valence-electron chi connectivity index (χ0n) is 13.0. The molecule has 22 heavy (non-hydrogen) atoms. The number of carbonyl (C=O) groups excluding carboxylic acids is 1. The van der Waals surface area contributed by atoms with E-state index >= 15 is 0 Å². The third-order valence-corrected chi connectivity index (χ3v) is 5.53. The van der Waals surface area contributed by atoms with Gasteiger partial charge in [-0.05, 0) is 62.8 Å². The summed E-state index contributed by atoms with van der Waals surface area (Å²) in [6.45, 7) is 4.91. The maximum atomic E-state index is 12.6. The first kappa shape index (κ1) is 17.8. The van der Waals surface area contributed by atoms with Crippen molar-refractivity contribution in [2.24, 2.45) is 5.92 Å². The summed E-state index contributed by atoms with van der Waals surface area (Å²) in [5.41, 5.74) is 1.87. The van der Waals surface area contributed by atoms with Gasteiger partial charge in [0.05, 0.1) is 0 Å². The fourth-order valence-electron chi connectivity index (χ4n) is 2.95. The average molecular weight is 388 g/mol. The molecule has 1 saturated heterocycles. The molecular formula is C17H24BrClN2O. The maximum absolute atomic E-state index is 12.6. The van der Waals surface area contributed by atoms with Crippen LogP contribution in [0.1, 0.15) is 41.6 Å². The Morgan fingerprint density at radius 2 is 1.95 bits per heavy atom. The SMILES string of the molecule is Cc1c(Br)cccc1C(=O)N1CCC(NCC2CC2)CC1.Cl. The molecular weight excluding hydrogens is 364 g/mol. The molecule has 1 aromatic carbocycles. The Morgan fingerprint density at radius 3 is 2.59 bits per heavy atom. The monoisotopic (exact) mass is 386 g/mol. The number of likely N-dealkylation sites (tertiary alicyclic amines) is 1. The van der Waals surface area contributed by atoms with E-state index in [4.69, 9.17) is 0 Å². The van der Waals surface area contributed by atoms with Gasteiger partial charge in [-0.15, -0.1) is 12.4 Å². The van der Waals surface area contributed by atoms with Crippen LogP contribution in [0.15, 0.2) is 22.7 Å². The summed E-state index contributed by atoms with van der Waals surface area (Å²) in [6.07, 6.45) is 4.94. The van der Waals surface area contributed by atoms with Crippen molar-refractivity contribution in [2.45, 2.75) is 38.6 Å². The Morgan fingerprint density at radius 1 is 1.27 bits per heavy atom. The third kappa shape index (κ3) is 4.24. The van der Waals surface area contributed by atoms with Crippen molar-refractivity contribution in [3.8, 4) is 0 Å². The second kappa shape index (κ2) is 7.80. The smallest absolute Gasteiger partial charge is 0.254 e. The van der Waals surface area contributed by atoms with Crippen LogP contribution < -0.4 is 5.32 Å². The average Bonchev–Trinajstić information content (AvgIpc) is 3.32. The van der Waals surface area contributed by atoms with Crippen molar-refractivity contribution in [1.82, 2.24) is 10.2 Å². The summed E-state index contributed by atoms with van der Waals surface area (Å²) in [5.74, 6) is 1.10. The van der Waals surface area contributed by atoms with Gasteiger partial charge in [0.25, 0.3) is 5.91 Å². The van der Waals surface area contributed by atoms with E-state index < -0.39 is 0 Å². The molecule has 0 aromatic heterocycles. The van der Waals surface area contributed by atoms with Crippen molar-refractivity contribution in [1.29, 1.82) is 0 Å². The number of carbonyl (C=O) groups is 1. The first-order valence-corrected chi connectivity index (χ1v) is 8.72. The van der Waals surface area contributed by atoms with Crippen LogP contribution in [-0.4, -0.2) is 36.5 Å². The van der Waals surface area contributed by atoms with Crippen molar-refractivity contribution < 1.29 is 4.79 Å². The Bertz CT molecular complexity index is 525. The normalized spacial score (nSPS) is 18.9. The molecule has 0 spiro atoms. The Hall–Kier alpha value is -0.580. The lowest BCUT2D eigenvalue weighted by Gasteiger charge is -2.33. The second-order valence-corrected chi connectivity index (χ2v) is 7.18. The van der Waals surface area contributed by atoms with E-state index in [9.17, 15) is 4.79 Å². The van der Waals surface area contributed by atoms with Gasteiger partial charge in [-0.1, -0.05) is 22.0 Å². The highest BCUT2D eigenvalue weighted by atomic mass is 79.9. The Balaban J connectivity index is 0.00000176. The van der Waals surface area contributed by atoms with Gasteiger partial charge in [-0.2, -0.15) is 0 Å². The molecule has 0 bridgehead atoms. The lowest BCUT2D eigenvalue weighted by atomic mass is 10.0. The number of benzene rings is 1. The summed E-state index contributed by atoms with van der Waals surface area (Å²) in [6, 6.07) is 6.45. The van der Waals surface area contributed by atoms with E-state index in [1.54, 1.807) is 0 Å². The van der Waals surface area contributed by atoms with E-state index in [0.717, 1.165) is 47.4 Å². The highest BCUT2D eigenvalue weighted by Gasteiger charge is 2.26. The van der Waals surface area contributed by atoms with Gasteiger partial charge in [-0.25, -0.2) is 0 Å². The first-order valence-electron chi connectivity index (χ1n) is 7.93. The van der Waals surface area contributed by atoms with Gasteiger partial charge in [0, 0.05) is 29.2 Å². The lowest BCUT2D eigenvalue weighted by Crippen LogP contribution is -2.45. The molecule has 0 atom stereocenters. The summed E-state index contributed by atoms with van der Waals surface area (Å²) < 4.78 is 1.01. The molecule has 1 amide bonds. The molecule has 3 rings (SSSR count). The van der Waals surface area contributed by atoms with E-state index in [1.165, 1.54) is 19.4 Å². The van der Waals surface area contributed by atoms with Gasteiger partial charge in [0.1, 0.15) is 0 Å². The minimum Gasteiger partial charge on any atom is -0.339 e. The fourth-order valence-corrected chi connectivity index (χ4v) is 3.32. The van der Waals surface area contributed by atoms with Crippen molar-refractivity contribution in [3.63, 3.8) is 0 Å². The fraction of sp³-hybridized carbons (Fsp3) is 0.588. The van der Waals surface area contributed by atoms with Gasteiger partial charge in [0.15, 0.2) is 0 Å². The third-order valence-electron chi connectivity index (χ3n) is 4.67. The molecule has 1 aromatic rings. The standard InChI is InChI=1S/C17H23BrN2O.ClH/c1-12-15(3-2-4-16(12)18)17(21)20-9-7-14(8-10-20)19-11-13-5-6-13;/h2-4,13-14,19H,5-11H2,1H3;1H. The van der Waals surface area contributed by atoms with Gasteiger partial charge >= 0.3 is 0 Å². The molecule has 2 fully saturated rings. The maximum Gasteiger partial charge on any atom is 0.254 e. The van der Waals surface area contributed by atoms with Crippen LogP contribution in [0.25, 0.3) is 0 Å².